The van der Waals surface area contributed by atoms with Crippen LogP contribution in [0.3, 0.4) is 0 Å². The minimum atomic E-state index is 0.0456. The molecule has 154 valence electrons. The molecule has 0 spiro atoms. The summed E-state index contributed by atoms with van der Waals surface area (Å²) < 4.78 is 0. The number of fused-ring (bicyclic) bond motifs is 1. The minimum absolute atomic E-state index is 0.0456. The number of anilines is 1. The highest BCUT2D eigenvalue weighted by Gasteiger charge is 2.34. The van der Waals surface area contributed by atoms with Crippen molar-refractivity contribution in [2.24, 2.45) is 11.8 Å². The van der Waals surface area contributed by atoms with E-state index in [1.807, 2.05) is 19.9 Å². The zero-order chi connectivity index (χ0) is 19.5. The second kappa shape index (κ2) is 8.76. The van der Waals surface area contributed by atoms with Gasteiger partial charge in [0.1, 0.15) is 0 Å². The first-order valence-electron chi connectivity index (χ1n) is 11.2. The number of carbonyl (C=O) groups is 1. The smallest absolute Gasteiger partial charge is 0.225 e. The number of aryl methyl sites for hydroxylation is 2. The van der Waals surface area contributed by atoms with Crippen LogP contribution in [0.2, 0.25) is 0 Å². The molecule has 0 bridgehead atoms. The summed E-state index contributed by atoms with van der Waals surface area (Å²) >= 11 is 0. The third-order valence-electron chi connectivity index (χ3n) is 6.81. The van der Waals surface area contributed by atoms with Crippen molar-refractivity contribution >= 4 is 11.9 Å². The minimum Gasteiger partial charge on any atom is -0.355 e. The SMILES string of the molecule is Cc1cc(C)nc(N2CCC[C@H](C(=O)NC[C@@H]3CCCN4CCCC[C@H]34)C2)n1. The predicted molar refractivity (Wildman–Crippen MR) is 111 cm³/mol. The van der Waals surface area contributed by atoms with Crippen LogP contribution in [0, 0.1) is 25.7 Å². The van der Waals surface area contributed by atoms with Crippen LogP contribution in [0.4, 0.5) is 5.95 Å². The fraction of sp³-hybridized carbons (Fsp3) is 0.773. The molecule has 1 aromatic heterocycles. The summed E-state index contributed by atoms with van der Waals surface area (Å²) in [7, 11) is 0. The van der Waals surface area contributed by atoms with E-state index >= 15 is 0 Å². The van der Waals surface area contributed by atoms with Gasteiger partial charge in [-0.1, -0.05) is 6.42 Å². The molecule has 0 aliphatic carbocycles. The topological polar surface area (TPSA) is 61.4 Å². The van der Waals surface area contributed by atoms with Crippen molar-refractivity contribution in [1.82, 2.24) is 20.2 Å². The zero-order valence-electron chi connectivity index (χ0n) is 17.5. The van der Waals surface area contributed by atoms with Crippen molar-refractivity contribution in [1.29, 1.82) is 0 Å². The molecule has 0 radical (unpaired) electrons. The second-order valence-corrected chi connectivity index (χ2v) is 8.98. The Morgan fingerprint density at radius 2 is 1.79 bits per heavy atom. The van der Waals surface area contributed by atoms with Gasteiger partial charge < -0.3 is 15.1 Å². The molecule has 0 unspecified atom stereocenters. The molecule has 28 heavy (non-hydrogen) atoms. The van der Waals surface area contributed by atoms with Gasteiger partial charge in [0.15, 0.2) is 0 Å². The first-order chi connectivity index (χ1) is 13.6. The van der Waals surface area contributed by atoms with Gasteiger partial charge in [0.05, 0.1) is 5.92 Å². The average molecular weight is 386 g/mol. The Labute approximate surface area is 169 Å². The summed E-state index contributed by atoms with van der Waals surface area (Å²) in [6, 6.07) is 2.69. The molecule has 3 saturated heterocycles. The van der Waals surface area contributed by atoms with Crippen LogP contribution in [-0.4, -0.2) is 59.5 Å². The van der Waals surface area contributed by atoms with Crippen LogP contribution in [0.1, 0.15) is 56.3 Å². The molecule has 1 amide bonds. The van der Waals surface area contributed by atoms with Crippen LogP contribution >= 0.6 is 0 Å². The van der Waals surface area contributed by atoms with Crippen molar-refractivity contribution in [2.45, 2.75) is 64.8 Å². The summed E-state index contributed by atoms with van der Waals surface area (Å²) in [6.45, 7) is 9.03. The lowest BCUT2D eigenvalue weighted by Crippen LogP contribution is -2.52. The Balaban J connectivity index is 1.33. The highest BCUT2D eigenvalue weighted by molar-refractivity contribution is 5.79. The van der Waals surface area contributed by atoms with E-state index < -0.39 is 0 Å². The molecule has 1 N–H and O–H groups in total. The molecule has 0 aromatic carbocycles. The number of rotatable bonds is 4. The molecule has 1 aromatic rings. The van der Waals surface area contributed by atoms with Gasteiger partial charge in [-0.3, -0.25) is 4.79 Å². The van der Waals surface area contributed by atoms with Gasteiger partial charge >= 0.3 is 0 Å². The fourth-order valence-electron chi connectivity index (χ4n) is 5.41. The van der Waals surface area contributed by atoms with Gasteiger partial charge in [-0.2, -0.15) is 0 Å². The number of amides is 1. The third-order valence-corrected chi connectivity index (χ3v) is 6.81. The molecule has 3 aliphatic rings. The lowest BCUT2D eigenvalue weighted by atomic mass is 9.83. The number of nitrogens with zero attached hydrogens (tertiary/aromatic N) is 4. The molecule has 4 heterocycles. The number of piperidine rings is 3. The Morgan fingerprint density at radius 1 is 1.04 bits per heavy atom. The first-order valence-corrected chi connectivity index (χ1v) is 11.2. The van der Waals surface area contributed by atoms with Crippen LogP contribution in [-0.2, 0) is 4.79 Å². The Kier molecular flexibility index (Phi) is 6.14. The Hall–Kier alpha value is -1.69. The lowest BCUT2D eigenvalue weighted by molar-refractivity contribution is -0.125. The fourth-order valence-corrected chi connectivity index (χ4v) is 5.41. The van der Waals surface area contributed by atoms with Gasteiger partial charge in [0.25, 0.3) is 0 Å². The summed E-state index contributed by atoms with van der Waals surface area (Å²) in [6.07, 6.45) is 8.52. The maximum absolute atomic E-state index is 12.9. The van der Waals surface area contributed by atoms with Gasteiger partial charge in [-0.05, 0) is 77.4 Å². The summed E-state index contributed by atoms with van der Waals surface area (Å²) in [5, 5.41) is 3.32. The van der Waals surface area contributed by atoms with Gasteiger partial charge in [0, 0.05) is 37.1 Å². The van der Waals surface area contributed by atoms with Crippen molar-refractivity contribution in [3.63, 3.8) is 0 Å². The molecule has 6 heteroatoms. The quantitative estimate of drug-likeness (QED) is 0.863. The van der Waals surface area contributed by atoms with Gasteiger partial charge in [-0.15, -0.1) is 0 Å². The standard InChI is InChI=1S/C22H35N5O/c1-16-13-17(2)25-22(24-16)27-12-6-8-19(15-27)21(28)23-14-18-7-5-11-26-10-4-3-9-20(18)26/h13,18-20H,3-12,14-15H2,1-2H3,(H,23,28)/t18-,19-,20+/m0/s1. The monoisotopic (exact) mass is 385 g/mol. The van der Waals surface area contributed by atoms with E-state index in [0.29, 0.717) is 12.0 Å². The average Bonchev–Trinajstić information content (AvgIpc) is 2.71. The molecular weight excluding hydrogens is 350 g/mol. The lowest BCUT2D eigenvalue weighted by Gasteiger charge is -2.44. The molecular formula is C22H35N5O. The maximum atomic E-state index is 12.9. The summed E-state index contributed by atoms with van der Waals surface area (Å²) in [5.41, 5.74) is 1.98. The molecule has 3 atom stereocenters. The van der Waals surface area contributed by atoms with E-state index in [1.54, 1.807) is 0 Å². The molecule has 4 rings (SSSR count). The van der Waals surface area contributed by atoms with Crippen molar-refractivity contribution < 1.29 is 4.79 Å². The van der Waals surface area contributed by atoms with Gasteiger partial charge in [-0.25, -0.2) is 9.97 Å². The predicted octanol–water partition coefficient (Wildman–Crippen LogP) is 2.69. The van der Waals surface area contributed by atoms with E-state index in [4.69, 9.17) is 0 Å². The normalized spacial score (nSPS) is 28.6. The van der Waals surface area contributed by atoms with Gasteiger partial charge in [0.2, 0.25) is 11.9 Å². The number of hydrogen-bond donors (Lipinski definition) is 1. The summed E-state index contributed by atoms with van der Waals surface area (Å²) in [5.74, 6) is 1.67. The highest BCUT2D eigenvalue weighted by atomic mass is 16.1. The van der Waals surface area contributed by atoms with Crippen LogP contribution in [0.15, 0.2) is 6.07 Å². The molecule has 6 nitrogen and oxygen atoms in total. The number of hydrogen-bond acceptors (Lipinski definition) is 5. The zero-order valence-corrected chi connectivity index (χ0v) is 17.5. The highest BCUT2D eigenvalue weighted by Crippen LogP contribution is 2.30. The van der Waals surface area contributed by atoms with E-state index in [1.165, 1.54) is 45.2 Å². The number of nitrogens with one attached hydrogen (secondary N) is 1. The number of aromatic nitrogens is 2. The Morgan fingerprint density at radius 3 is 2.61 bits per heavy atom. The van der Waals surface area contributed by atoms with Crippen LogP contribution in [0.5, 0.6) is 0 Å². The van der Waals surface area contributed by atoms with Crippen LogP contribution in [0.25, 0.3) is 0 Å². The van der Waals surface area contributed by atoms with Crippen molar-refractivity contribution in [3.8, 4) is 0 Å². The van der Waals surface area contributed by atoms with Crippen molar-refractivity contribution in [2.75, 3.05) is 37.6 Å². The maximum Gasteiger partial charge on any atom is 0.225 e. The third kappa shape index (κ3) is 4.48. The summed E-state index contributed by atoms with van der Waals surface area (Å²) in [4.78, 5) is 27.0. The Bertz CT molecular complexity index is 671. The van der Waals surface area contributed by atoms with Crippen LogP contribution < -0.4 is 10.2 Å². The second-order valence-electron chi connectivity index (χ2n) is 8.98. The van der Waals surface area contributed by atoms with E-state index in [0.717, 1.165) is 49.8 Å². The molecule has 0 saturated carbocycles. The van der Waals surface area contributed by atoms with Crippen molar-refractivity contribution in [3.05, 3.63) is 17.5 Å². The number of carbonyl (C=O) groups excluding carboxylic acids is 1. The molecule has 3 fully saturated rings. The van der Waals surface area contributed by atoms with E-state index in [2.05, 4.69) is 25.1 Å². The van der Waals surface area contributed by atoms with E-state index in [-0.39, 0.29) is 11.8 Å². The first kappa shape index (κ1) is 19.6. The largest absolute Gasteiger partial charge is 0.355 e. The van der Waals surface area contributed by atoms with E-state index in [9.17, 15) is 4.79 Å². The molecule has 3 aliphatic heterocycles.